The SMILES string of the molecule is CNc1ncc(-c2ccc(C(=O)N(C)CCc3scnc3C)cc2)s1. The highest BCUT2D eigenvalue weighted by Gasteiger charge is 2.13. The molecule has 3 rings (SSSR count). The van der Waals surface area contributed by atoms with Gasteiger partial charge in [0.15, 0.2) is 5.13 Å². The second-order valence-electron chi connectivity index (χ2n) is 5.69. The highest BCUT2D eigenvalue weighted by atomic mass is 32.1. The summed E-state index contributed by atoms with van der Waals surface area (Å²) in [6.45, 7) is 2.69. The van der Waals surface area contributed by atoms with Crippen molar-refractivity contribution in [3.63, 3.8) is 0 Å². The first-order valence-electron chi connectivity index (χ1n) is 7.97. The molecule has 1 aromatic carbocycles. The molecule has 130 valence electrons. The number of nitrogens with one attached hydrogen (secondary N) is 1. The second kappa shape index (κ2) is 7.76. The summed E-state index contributed by atoms with van der Waals surface area (Å²) in [6, 6.07) is 7.71. The van der Waals surface area contributed by atoms with E-state index >= 15 is 0 Å². The molecule has 0 aliphatic rings. The van der Waals surface area contributed by atoms with Gasteiger partial charge in [0, 0.05) is 43.7 Å². The number of aryl methyl sites for hydroxylation is 1. The van der Waals surface area contributed by atoms with Gasteiger partial charge in [-0.2, -0.15) is 0 Å². The highest BCUT2D eigenvalue weighted by Crippen LogP contribution is 2.28. The van der Waals surface area contributed by atoms with Crippen molar-refractivity contribution < 1.29 is 4.79 Å². The molecular weight excluding hydrogens is 352 g/mol. The number of carbonyl (C=O) groups excluding carboxylic acids is 1. The van der Waals surface area contributed by atoms with Crippen LogP contribution in [0.1, 0.15) is 20.9 Å². The minimum atomic E-state index is 0.0361. The number of carbonyl (C=O) groups is 1. The summed E-state index contributed by atoms with van der Waals surface area (Å²) >= 11 is 3.24. The van der Waals surface area contributed by atoms with Crippen molar-refractivity contribution in [3.8, 4) is 10.4 Å². The smallest absolute Gasteiger partial charge is 0.253 e. The molecule has 0 spiro atoms. The minimum Gasteiger partial charge on any atom is -0.365 e. The monoisotopic (exact) mass is 372 g/mol. The van der Waals surface area contributed by atoms with Gasteiger partial charge in [-0.3, -0.25) is 4.79 Å². The molecule has 0 aliphatic carbocycles. The normalized spacial score (nSPS) is 10.7. The van der Waals surface area contributed by atoms with Crippen molar-refractivity contribution in [2.24, 2.45) is 0 Å². The lowest BCUT2D eigenvalue weighted by molar-refractivity contribution is 0.0797. The third-order valence-corrected chi connectivity index (χ3v) is 6.06. The van der Waals surface area contributed by atoms with Crippen LogP contribution in [0.2, 0.25) is 0 Å². The van der Waals surface area contributed by atoms with Gasteiger partial charge in [-0.25, -0.2) is 9.97 Å². The summed E-state index contributed by atoms with van der Waals surface area (Å²) in [5.41, 5.74) is 4.68. The molecule has 3 aromatic rings. The zero-order valence-electron chi connectivity index (χ0n) is 14.4. The molecular formula is C18H20N4OS2. The zero-order valence-corrected chi connectivity index (χ0v) is 16.1. The maximum atomic E-state index is 12.6. The summed E-state index contributed by atoms with van der Waals surface area (Å²) in [4.78, 5) is 25.2. The van der Waals surface area contributed by atoms with Crippen LogP contribution in [0.25, 0.3) is 10.4 Å². The van der Waals surface area contributed by atoms with E-state index < -0.39 is 0 Å². The molecule has 5 nitrogen and oxygen atoms in total. The third-order valence-electron chi connectivity index (χ3n) is 4.00. The molecule has 0 bridgehead atoms. The van der Waals surface area contributed by atoms with Crippen molar-refractivity contribution in [2.75, 3.05) is 26.0 Å². The maximum absolute atomic E-state index is 12.6. The van der Waals surface area contributed by atoms with Gasteiger partial charge in [-0.05, 0) is 24.6 Å². The van der Waals surface area contributed by atoms with Crippen LogP contribution in [0, 0.1) is 6.92 Å². The number of rotatable bonds is 6. The fourth-order valence-corrected chi connectivity index (χ4v) is 4.00. The standard InChI is InChI=1S/C18H20N4OS2/c1-12-15(24-11-21-12)8-9-22(3)17(23)14-6-4-13(5-7-14)16-10-20-18(19-2)25-16/h4-7,10-11H,8-9H2,1-3H3,(H,19,20). The molecule has 0 atom stereocenters. The number of aromatic nitrogens is 2. The average Bonchev–Trinajstić information content (AvgIpc) is 3.28. The van der Waals surface area contributed by atoms with Crippen LogP contribution in [0.4, 0.5) is 5.13 Å². The molecule has 0 saturated heterocycles. The molecule has 25 heavy (non-hydrogen) atoms. The number of hydrogen-bond acceptors (Lipinski definition) is 6. The van der Waals surface area contributed by atoms with Crippen molar-refractivity contribution >= 4 is 33.7 Å². The quantitative estimate of drug-likeness (QED) is 0.712. The van der Waals surface area contributed by atoms with Crippen LogP contribution in [-0.4, -0.2) is 41.4 Å². The van der Waals surface area contributed by atoms with E-state index in [4.69, 9.17) is 0 Å². The minimum absolute atomic E-state index is 0.0361. The van der Waals surface area contributed by atoms with Gasteiger partial charge < -0.3 is 10.2 Å². The summed E-state index contributed by atoms with van der Waals surface area (Å²) in [7, 11) is 3.70. The number of anilines is 1. The lowest BCUT2D eigenvalue weighted by Gasteiger charge is -2.17. The Labute approximate surface area is 155 Å². The molecule has 0 radical (unpaired) electrons. The second-order valence-corrected chi connectivity index (χ2v) is 7.66. The van der Waals surface area contributed by atoms with Crippen LogP contribution in [0.5, 0.6) is 0 Å². The average molecular weight is 373 g/mol. The van der Waals surface area contributed by atoms with Gasteiger partial charge in [0.05, 0.1) is 16.1 Å². The summed E-state index contributed by atoms with van der Waals surface area (Å²) in [6.07, 6.45) is 2.68. The van der Waals surface area contributed by atoms with Gasteiger partial charge in [0.25, 0.3) is 5.91 Å². The van der Waals surface area contributed by atoms with E-state index in [1.807, 2.05) is 57.0 Å². The number of hydrogen-bond donors (Lipinski definition) is 1. The van der Waals surface area contributed by atoms with Gasteiger partial charge >= 0.3 is 0 Å². The lowest BCUT2D eigenvalue weighted by atomic mass is 10.1. The van der Waals surface area contributed by atoms with Gasteiger partial charge in [-0.1, -0.05) is 23.5 Å². The fraction of sp³-hybridized carbons (Fsp3) is 0.278. The van der Waals surface area contributed by atoms with E-state index in [0.717, 1.165) is 27.7 Å². The fourth-order valence-electron chi connectivity index (χ4n) is 2.46. The van der Waals surface area contributed by atoms with E-state index in [9.17, 15) is 4.79 Å². The van der Waals surface area contributed by atoms with Crippen molar-refractivity contribution in [1.29, 1.82) is 0 Å². The van der Waals surface area contributed by atoms with Crippen molar-refractivity contribution in [2.45, 2.75) is 13.3 Å². The third kappa shape index (κ3) is 4.05. The van der Waals surface area contributed by atoms with E-state index in [0.29, 0.717) is 12.1 Å². The Hall–Kier alpha value is -2.25. The molecule has 7 heteroatoms. The largest absolute Gasteiger partial charge is 0.365 e. The van der Waals surface area contributed by atoms with E-state index in [2.05, 4.69) is 15.3 Å². The summed E-state index contributed by atoms with van der Waals surface area (Å²) < 4.78 is 0. The van der Waals surface area contributed by atoms with Crippen molar-refractivity contribution in [1.82, 2.24) is 14.9 Å². The number of benzene rings is 1. The molecule has 2 aromatic heterocycles. The lowest BCUT2D eigenvalue weighted by Crippen LogP contribution is -2.28. The van der Waals surface area contributed by atoms with Gasteiger partial charge in [0.1, 0.15) is 0 Å². The first-order chi connectivity index (χ1) is 12.1. The first-order valence-corrected chi connectivity index (χ1v) is 9.66. The van der Waals surface area contributed by atoms with Gasteiger partial charge in [0.2, 0.25) is 0 Å². The Bertz CT molecular complexity index is 854. The first kappa shape index (κ1) is 17.6. The molecule has 0 fully saturated rings. The Balaban J connectivity index is 1.64. The van der Waals surface area contributed by atoms with Crippen LogP contribution in [-0.2, 0) is 6.42 Å². The summed E-state index contributed by atoms with van der Waals surface area (Å²) in [5.74, 6) is 0.0361. The van der Waals surface area contributed by atoms with Crippen molar-refractivity contribution in [3.05, 3.63) is 52.1 Å². The predicted molar refractivity (Wildman–Crippen MR) is 105 cm³/mol. The van der Waals surface area contributed by atoms with Crippen LogP contribution in [0.15, 0.2) is 36.0 Å². The number of amides is 1. The van der Waals surface area contributed by atoms with Crippen LogP contribution in [0.3, 0.4) is 0 Å². The zero-order chi connectivity index (χ0) is 17.8. The molecule has 2 heterocycles. The molecule has 0 aliphatic heterocycles. The van der Waals surface area contributed by atoms with E-state index in [1.165, 1.54) is 4.88 Å². The topological polar surface area (TPSA) is 58.1 Å². The Kier molecular flexibility index (Phi) is 5.45. The highest BCUT2D eigenvalue weighted by molar-refractivity contribution is 7.18. The summed E-state index contributed by atoms with van der Waals surface area (Å²) in [5, 5.41) is 3.92. The van der Waals surface area contributed by atoms with E-state index in [1.54, 1.807) is 27.6 Å². The molecule has 0 saturated carbocycles. The maximum Gasteiger partial charge on any atom is 0.253 e. The van der Waals surface area contributed by atoms with Gasteiger partial charge in [-0.15, -0.1) is 11.3 Å². The number of nitrogens with zero attached hydrogens (tertiary/aromatic N) is 3. The predicted octanol–water partition coefficient (Wildman–Crippen LogP) is 3.93. The number of likely N-dealkylation sites (N-methyl/N-ethyl adjacent to an activating group) is 1. The van der Waals surface area contributed by atoms with Crippen LogP contribution < -0.4 is 5.32 Å². The van der Waals surface area contributed by atoms with Crippen LogP contribution >= 0.6 is 22.7 Å². The number of thiazole rings is 2. The Morgan fingerprint density at radius 1 is 1.24 bits per heavy atom. The molecule has 1 N–H and O–H groups in total. The molecule has 1 amide bonds. The van der Waals surface area contributed by atoms with E-state index in [-0.39, 0.29) is 5.91 Å². The Morgan fingerprint density at radius 3 is 2.60 bits per heavy atom. The molecule has 0 unspecified atom stereocenters. The Morgan fingerprint density at radius 2 is 2.00 bits per heavy atom.